The van der Waals surface area contributed by atoms with Crippen LogP contribution in [0.1, 0.15) is 47.7 Å². The number of benzene rings is 3. The van der Waals surface area contributed by atoms with Crippen molar-refractivity contribution in [3.8, 4) is 0 Å². The molecule has 0 fully saturated rings. The zero-order valence-corrected chi connectivity index (χ0v) is 24.0. The van der Waals surface area contributed by atoms with Gasteiger partial charge in [-0.1, -0.05) is 0 Å². The second kappa shape index (κ2) is 10.3. The van der Waals surface area contributed by atoms with Crippen LogP contribution in [0.4, 0.5) is 0 Å². The van der Waals surface area contributed by atoms with Gasteiger partial charge in [-0.3, -0.25) is 0 Å². The molecule has 3 aromatic carbocycles. The summed E-state index contributed by atoms with van der Waals surface area (Å²) in [6.07, 6.45) is 4.93. The van der Waals surface area contributed by atoms with Crippen molar-refractivity contribution in [1.82, 2.24) is 0 Å². The zero-order valence-electron chi connectivity index (χ0n) is 17.9. The molecule has 5 rings (SSSR count). The predicted octanol–water partition coefficient (Wildman–Crippen LogP) is 0.952. The number of aryl methyl sites for hydroxylation is 2. The average molecular weight is 630 g/mol. The van der Waals surface area contributed by atoms with Crippen LogP contribution in [0.5, 0.6) is 0 Å². The minimum Gasteiger partial charge on any atom is -1.00 e. The van der Waals surface area contributed by atoms with Crippen molar-refractivity contribution >= 4 is 25.3 Å². The minimum atomic E-state index is -1.03. The molecule has 0 nitrogen and oxygen atoms in total. The summed E-state index contributed by atoms with van der Waals surface area (Å²) in [5.41, 5.74) is 10.8. The molecule has 0 aromatic heterocycles. The topological polar surface area (TPSA) is 0 Å². The number of hydrogen-bond donors (Lipinski definition) is 0. The number of rotatable bonds is 4. The van der Waals surface area contributed by atoms with Gasteiger partial charge in [-0.25, -0.2) is 0 Å². The van der Waals surface area contributed by atoms with E-state index in [2.05, 4.69) is 99.7 Å². The fraction of sp³-hybridized carbons (Fsp3) is 0.185. The van der Waals surface area contributed by atoms with Gasteiger partial charge in [0.25, 0.3) is 0 Å². The Hall–Kier alpha value is -0.980. The number of allylic oxidation sites excluding steroid dienone is 2. The first-order valence-corrected chi connectivity index (χ1v) is 15.4. The van der Waals surface area contributed by atoms with Gasteiger partial charge in [-0.2, -0.15) is 0 Å². The maximum absolute atomic E-state index is 2.53. The Kier molecular flexibility index (Phi) is 8.20. The summed E-state index contributed by atoms with van der Waals surface area (Å²) in [6, 6.07) is 24.8. The zero-order chi connectivity index (χ0) is 20.0. The second-order valence-corrected chi connectivity index (χ2v) is 14.9. The molecule has 0 spiro atoms. The molecule has 2 aliphatic carbocycles. The van der Waals surface area contributed by atoms with Gasteiger partial charge in [-0.05, 0) is 0 Å². The monoisotopic (exact) mass is 630 g/mol. The molecule has 3 atom stereocenters. The van der Waals surface area contributed by atoms with Gasteiger partial charge in [0, 0.05) is 0 Å². The van der Waals surface area contributed by atoms with Gasteiger partial charge < -0.3 is 24.8 Å². The molecule has 0 bridgehead atoms. The van der Waals surface area contributed by atoms with Crippen molar-refractivity contribution in [2.75, 3.05) is 0 Å². The molecule has 156 valence electrons. The summed E-state index contributed by atoms with van der Waals surface area (Å²) in [5.74, 6) is 0. The van der Waals surface area contributed by atoms with Crippen molar-refractivity contribution in [3.63, 3.8) is 0 Å². The molecule has 2 aliphatic rings. The van der Waals surface area contributed by atoms with E-state index in [1.165, 1.54) is 27.6 Å². The molecule has 0 saturated heterocycles. The van der Waals surface area contributed by atoms with Gasteiger partial charge in [0.1, 0.15) is 0 Å². The molecule has 3 aromatic rings. The van der Waals surface area contributed by atoms with Crippen LogP contribution in [-0.4, -0.2) is 0 Å². The fourth-order valence-corrected chi connectivity index (χ4v) is 13.6. The SMILES string of the molecule is CC1=C(Pc2ccccc2)c2ccccc2[CH]1[Hf+2][CH]1C=Cc2c(C)ccc(C)c21.[Cl-].[Cl-]. The molecule has 0 N–H and O–H groups in total. The Morgan fingerprint density at radius 3 is 2.23 bits per heavy atom. The van der Waals surface area contributed by atoms with E-state index in [4.69, 9.17) is 0 Å². The minimum absolute atomic E-state index is 0. The van der Waals surface area contributed by atoms with Gasteiger partial charge in [-0.15, -0.1) is 0 Å². The van der Waals surface area contributed by atoms with Crippen molar-refractivity contribution in [2.45, 2.75) is 28.1 Å². The van der Waals surface area contributed by atoms with E-state index in [0.717, 1.165) is 8.58 Å². The summed E-state index contributed by atoms with van der Waals surface area (Å²) in [5, 5.41) is 3.05. The Bertz CT molecular complexity index is 1150. The molecular formula is C27H25Cl2HfP. The molecule has 0 radical (unpaired) electrons. The largest absolute Gasteiger partial charge is 1.00 e. The third-order valence-corrected chi connectivity index (χ3v) is 14.7. The molecule has 0 saturated carbocycles. The van der Waals surface area contributed by atoms with Crippen molar-refractivity contribution in [1.29, 1.82) is 0 Å². The van der Waals surface area contributed by atoms with Crippen molar-refractivity contribution in [2.24, 2.45) is 0 Å². The molecule has 31 heavy (non-hydrogen) atoms. The van der Waals surface area contributed by atoms with E-state index in [0.29, 0.717) is 7.35 Å². The standard InChI is InChI=1S/C16H14P.C11H11.2ClH.Hf/c1-12-11-13-7-5-6-10-15(13)16(12)17-14-8-3-2-4-9-14;1-8-6-7-9(2)11-5-3-4-10(8)11;;;/h2-11,17H,1H3;3-7H,1-2H3;2*1H;/q;;;;+2/p-2. The van der Waals surface area contributed by atoms with Crippen LogP contribution in [0.15, 0.2) is 78.4 Å². The van der Waals surface area contributed by atoms with Gasteiger partial charge in [0.2, 0.25) is 0 Å². The van der Waals surface area contributed by atoms with Crippen LogP contribution in [0.2, 0.25) is 0 Å². The molecule has 0 aliphatic heterocycles. The van der Waals surface area contributed by atoms with E-state index in [9.17, 15) is 0 Å². The van der Waals surface area contributed by atoms with Gasteiger partial charge in [0.05, 0.1) is 0 Å². The van der Waals surface area contributed by atoms with Crippen LogP contribution in [0, 0.1) is 13.8 Å². The Morgan fingerprint density at radius 2 is 1.45 bits per heavy atom. The van der Waals surface area contributed by atoms with Crippen molar-refractivity contribution < 1.29 is 47.7 Å². The smallest absolute Gasteiger partial charge is 1.00 e. The summed E-state index contributed by atoms with van der Waals surface area (Å²) in [6.45, 7) is 6.98. The molecular weight excluding hydrogens is 605 g/mol. The van der Waals surface area contributed by atoms with Crippen molar-refractivity contribution in [3.05, 3.63) is 112 Å². The normalized spacial score (nSPS) is 18.4. The molecule has 0 heterocycles. The number of fused-ring (bicyclic) bond motifs is 2. The number of halogens is 2. The summed E-state index contributed by atoms with van der Waals surface area (Å²) in [7, 11) is 0.757. The van der Waals surface area contributed by atoms with Crippen LogP contribution < -0.4 is 30.1 Å². The van der Waals surface area contributed by atoms with E-state index in [-0.39, 0.29) is 24.8 Å². The van der Waals surface area contributed by atoms with Crippen LogP contribution in [0.3, 0.4) is 0 Å². The summed E-state index contributed by atoms with van der Waals surface area (Å²) >= 11 is -1.03. The van der Waals surface area contributed by atoms with E-state index in [1.54, 1.807) is 22.0 Å². The second-order valence-electron chi connectivity index (χ2n) is 8.10. The maximum atomic E-state index is 2.53. The van der Waals surface area contributed by atoms with Crippen LogP contribution in [-0.2, 0) is 22.9 Å². The quantitative estimate of drug-likeness (QED) is 0.298. The first-order valence-electron chi connectivity index (χ1n) is 10.3. The van der Waals surface area contributed by atoms with E-state index in [1.807, 2.05) is 0 Å². The summed E-state index contributed by atoms with van der Waals surface area (Å²) < 4.78 is 1.41. The first kappa shape index (κ1) is 24.7. The first-order chi connectivity index (χ1) is 14.1. The van der Waals surface area contributed by atoms with E-state index >= 15 is 0 Å². The van der Waals surface area contributed by atoms with Gasteiger partial charge >= 0.3 is 188 Å². The predicted molar refractivity (Wildman–Crippen MR) is 124 cm³/mol. The summed E-state index contributed by atoms with van der Waals surface area (Å²) in [4.78, 5) is 0. The number of hydrogen-bond acceptors (Lipinski definition) is 0. The van der Waals surface area contributed by atoms with Crippen LogP contribution >= 0.6 is 8.58 Å². The van der Waals surface area contributed by atoms with Gasteiger partial charge in [0.15, 0.2) is 0 Å². The third-order valence-electron chi connectivity index (χ3n) is 6.25. The molecule has 4 heteroatoms. The molecule has 0 amide bonds. The fourth-order valence-electron chi connectivity index (χ4n) is 4.71. The van der Waals surface area contributed by atoms with E-state index < -0.39 is 22.9 Å². The Balaban J connectivity index is 0.00000136. The maximum Gasteiger partial charge on any atom is -1.00 e. The molecule has 3 unspecified atom stereocenters. The average Bonchev–Trinajstić information content (AvgIpc) is 3.28. The van der Waals surface area contributed by atoms with Crippen LogP contribution in [0.25, 0.3) is 11.4 Å². The Morgan fingerprint density at radius 1 is 0.774 bits per heavy atom. The Labute approximate surface area is 211 Å². The third kappa shape index (κ3) is 4.58.